The number of sulfonamides is 1. The Labute approximate surface area is 117 Å². The van der Waals surface area contributed by atoms with Gasteiger partial charge in [0.25, 0.3) is 15.9 Å². The van der Waals surface area contributed by atoms with Gasteiger partial charge in [0.1, 0.15) is 6.26 Å². The van der Waals surface area contributed by atoms with Crippen LogP contribution >= 0.6 is 0 Å². The van der Waals surface area contributed by atoms with E-state index in [-0.39, 0.29) is 11.0 Å². The lowest BCUT2D eigenvalue weighted by Gasteiger charge is -2.14. The second-order valence-electron chi connectivity index (χ2n) is 4.46. The molecule has 8 heteroatoms. The Hall–Kier alpha value is -1.67. The van der Waals surface area contributed by atoms with Crippen LogP contribution in [0.2, 0.25) is 0 Å². The second-order valence-corrected chi connectivity index (χ2v) is 6.44. The minimum atomic E-state index is -3.61. The van der Waals surface area contributed by atoms with Gasteiger partial charge in [-0.1, -0.05) is 13.3 Å². The fraction of sp³-hybridized carbons (Fsp3) is 0.500. The molecule has 0 amide bonds. The largest absolute Gasteiger partial charge is 0.451 e. The first-order chi connectivity index (χ1) is 9.45. The van der Waals surface area contributed by atoms with Crippen LogP contribution in [0.5, 0.6) is 0 Å². The third kappa shape index (κ3) is 2.91. The lowest BCUT2D eigenvalue weighted by atomic mass is 10.3. The van der Waals surface area contributed by atoms with E-state index in [1.165, 1.54) is 23.7 Å². The van der Waals surface area contributed by atoms with Gasteiger partial charge in [0, 0.05) is 26.6 Å². The van der Waals surface area contributed by atoms with Crippen LogP contribution in [0.3, 0.4) is 0 Å². The zero-order valence-corrected chi connectivity index (χ0v) is 12.5. The summed E-state index contributed by atoms with van der Waals surface area (Å²) >= 11 is 0. The molecule has 2 aromatic heterocycles. The van der Waals surface area contributed by atoms with Gasteiger partial charge in [-0.15, -0.1) is 10.2 Å². The van der Waals surface area contributed by atoms with E-state index < -0.39 is 10.0 Å². The number of aryl methyl sites for hydroxylation is 1. The lowest BCUT2D eigenvalue weighted by Crippen LogP contribution is -2.27. The van der Waals surface area contributed by atoms with Crippen LogP contribution in [-0.2, 0) is 10.0 Å². The number of hydrogen-bond donors (Lipinski definition) is 0. The summed E-state index contributed by atoms with van der Waals surface area (Å²) < 4.78 is 36.1. The number of hydrogen-bond acceptors (Lipinski definition) is 6. The average Bonchev–Trinajstić information content (AvgIpc) is 3.04. The molecule has 2 aromatic rings. The maximum Gasteiger partial charge on any atom is 0.276 e. The molecule has 0 unspecified atom stereocenters. The average molecular weight is 299 g/mol. The van der Waals surface area contributed by atoms with Gasteiger partial charge in [0.2, 0.25) is 11.0 Å². The Bertz CT molecular complexity index is 674. The first-order valence-corrected chi connectivity index (χ1v) is 7.74. The van der Waals surface area contributed by atoms with Crippen LogP contribution in [0.15, 0.2) is 26.3 Å². The van der Waals surface area contributed by atoms with Crippen LogP contribution in [0.25, 0.3) is 11.5 Å². The molecular formula is C12H17N3O4S. The lowest BCUT2D eigenvalue weighted by molar-refractivity contribution is 0.405. The van der Waals surface area contributed by atoms with Gasteiger partial charge < -0.3 is 8.83 Å². The SMILES string of the molecule is CCCCN(C)S(=O)(=O)c1cc(-c2nnc(C)o2)co1. The molecular weight excluding hydrogens is 282 g/mol. The number of furan rings is 1. The van der Waals surface area contributed by atoms with E-state index in [9.17, 15) is 8.42 Å². The zero-order chi connectivity index (χ0) is 14.8. The number of aromatic nitrogens is 2. The molecule has 2 heterocycles. The highest BCUT2D eigenvalue weighted by Gasteiger charge is 2.25. The van der Waals surface area contributed by atoms with Crippen LogP contribution in [0.1, 0.15) is 25.7 Å². The van der Waals surface area contributed by atoms with Crippen molar-refractivity contribution in [3.05, 3.63) is 18.2 Å². The van der Waals surface area contributed by atoms with E-state index in [2.05, 4.69) is 10.2 Å². The highest BCUT2D eigenvalue weighted by Crippen LogP contribution is 2.25. The van der Waals surface area contributed by atoms with Crippen molar-refractivity contribution in [1.82, 2.24) is 14.5 Å². The fourth-order valence-electron chi connectivity index (χ4n) is 1.63. The van der Waals surface area contributed by atoms with E-state index in [0.717, 1.165) is 12.8 Å². The topological polar surface area (TPSA) is 89.4 Å². The molecule has 0 aliphatic carbocycles. The van der Waals surface area contributed by atoms with Gasteiger partial charge in [-0.25, -0.2) is 8.42 Å². The summed E-state index contributed by atoms with van der Waals surface area (Å²) in [6, 6.07) is 1.39. The first-order valence-electron chi connectivity index (χ1n) is 6.30. The summed E-state index contributed by atoms with van der Waals surface area (Å²) in [6.07, 6.45) is 3.02. The summed E-state index contributed by atoms with van der Waals surface area (Å²) in [7, 11) is -2.08. The molecule has 0 aromatic carbocycles. The van der Waals surface area contributed by atoms with Crippen molar-refractivity contribution in [2.75, 3.05) is 13.6 Å². The Morgan fingerprint density at radius 2 is 2.10 bits per heavy atom. The Balaban J connectivity index is 2.23. The number of nitrogens with zero attached hydrogens (tertiary/aromatic N) is 3. The second kappa shape index (κ2) is 5.76. The molecule has 0 saturated heterocycles. The third-order valence-corrected chi connectivity index (χ3v) is 4.57. The molecule has 0 spiro atoms. The van der Waals surface area contributed by atoms with Crippen LogP contribution < -0.4 is 0 Å². The predicted octanol–water partition coefficient (Wildman–Crippen LogP) is 2.06. The van der Waals surface area contributed by atoms with Crippen molar-refractivity contribution in [1.29, 1.82) is 0 Å². The summed E-state index contributed by atoms with van der Waals surface area (Å²) in [5, 5.41) is 7.39. The van der Waals surface area contributed by atoms with Gasteiger partial charge in [0.05, 0.1) is 5.56 Å². The molecule has 0 N–H and O–H groups in total. The summed E-state index contributed by atoms with van der Waals surface area (Å²) in [5.41, 5.74) is 0.452. The molecule has 20 heavy (non-hydrogen) atoms. The monoisotopic (exact) mass is 299 g/mol. The maximum absolute atomic E-state index is 12.3. The molecule has 2 rings (SSSR count). The predicted molar refractivity (Wildman–Crippen MR) is 71.5 cm³/mol. The molecule has 0 aliphatic heterocycles. The van der Waals surface area contributed by atoms with E-state index in [1.54, 1.807) is 6.92 Å². The van der Waals surface area contributed by atoms with Crippen molar-refractivity contribution in [2.45, 2.75) is 31.8 Å². The minimum Gasteiger partial charge on any atom is -0.451 e. The Kier molecular flexibility index (Phi) is 4.24. The molecule has 0 saturated carbocycles. The molecule has 0 bridgehead atoms. The van der Waals surface area contributed by atoms with Crippen LogP contribution in [0.4, 0.5) is 0 Å². The van der Waals surface area contributed by atoms with Gasteiger partial charge in [-0.3, -0.25) is 0 Å². The van der Waals surface area contributed by atoms with E-state index in [0.29, 0.717) is 18.0 Å². The van der Waals surface area contributed by atoms with E-state index in [1.807, 2.05) is 6.92 Å². The van der Waals surface area contributed by atoms with E-state index in [4.69, 9.17) is 8.83 Å². The van der Waals surface area contributed by atoms with Crippen LogP contribution in [-0.4, -0.2) is 36.5 Å². The molecule has 7 nitrogen and oxygen atoms in total. The number of unbranched alkanes of at least 4 members (excludes halogenated alkanes) is 1. The third-order valence-electron chi connectivity index (χ3n) is 2.84. The van der Waals surface area contributed by atoms with Gasteiger partial charge in [0.15, 0.2) is 0 Å². The van der Waals surface area contributed by atoms with Crippen molar-refractivity contribution >= 4 is 10.0 Å². The standard InChI is InChI=1S/C12H17N3O4S/c1-4-5-6-15(3)20(16,17)11-7-10(8-18-11)12-14-13-9(2)19-12/h7-8H,4-6H2,1-3H3. The molecule has 0 radical (unpaired) electrons. The smallest absolute Gasteiger partial charge is 0.276 e. The summed E-state index contributed by atoms with van der Waals surface area (Å²) in [5.74, 6) is 0.648. The molecule has 110 valence electrons. The van der Waals surface area contributed by atoms with Crippen molar-refractivity contribution in [3.8, 4) is 11.5 Å². The number of rotatable bonds is 6. The Morgan fingerprint density at radius 3 is 2.70 bits per heavy atom. The van der Waals surface area contributed by atoms with Crippen LogP contribution in [0, 0.1) is 6.92 Å². The quantitative estimate of drug-likeness (QED) is 0.811. The minimum absolute atomic E-state index is 0.123. The summed E-state index contributed by atoms with van der Waals surface area (Å²) in [6.45, 7) is 4.12. The fourth-order valence-corrected chi connectivity index (χ4v) is 2.75. The van der Waals surface area contributed by atoms with Crippen molar-refractivity contribution in [2.24, 2.45) is 0 Å². The molecule has 0 aliphatic rings. The molecule has 0 fully saturated rings. The summed E-state index contributed by atoms with van der Waals surface area (Å²) in [4.78, 5) is 0. The van der Waals surface area contributed by atoms with E-state index >= 15 is 0 Å². The van der Waals surface area contributed by atoms with Gasteiger partial charge in [-0.05, 0) is 6.42 Å². The van der Waals surface area contributed by atoms with Crippen molar-refractivity contribution < 1.29 is 17.3 Å². The van der Waals surface area contributed by atoms with Crippen molar-refractivity contribution in [3.63, 3.8) is 0 Å². The normalized spacial score (nSPS) is 12.2. The highest BCUT2D eigenvalue weighted by molar-refractivity contribution is 7.89. The maximum atomic E-state index is 12.3. The van der Waals surface area contributed by atoms with Gasteiger partial charge in [-0.2, -0.15) is 4.31 Å². The zero-order valence-electron chi connectivity index (χ0n) is 11.7. The Morgan fingerprint density at radius 1 is 1.35 bits per heavy atom. The molecule has 0 atom stereocenters. The highest BCUT2D eigenvalue weighted by atomic mass is 32.2. The van der Waals surface area contributed by atoms with Gasteiger partial charge >= 0.3 is 0 Å². The first kappa shape index (κ1) is 14.7.